The maximum atomic E-state index is 13.9. The van der Waals surface area contributed by atoms with Gasteiger partial charge in [0.15, 0.2) is 5.69 Å². The lowest BCUT2D eigenvalue weighted by atomic mass is 9.73. The molecule has 0 unspecified atom stereocenters. The number of hydrogen-bond acceptors (Lipinski definition) is 5. The number of rotatable bonds is 7. The van der Waals surface area contributed by atoms with E-state index in [0.717, 1.165) is 64.2 Å². The first-order valence-electron chi connectivity index (χ1n) is 17.3. The van der Waals surface area contributed by atoms with Gasteiger partial charge < -0.3 is 29.4 Å². The van der Waals surface area contributed by atoms with E-state index in [-0.39, 0.29) is 17.6 Å². The van der Waals surface area contributed by atoms with Crippen LogP contribution in [0.2, 0.25) is 10.0 Å². The topological polar surface area (TPSA) is 93.0 Å². The number of carbonyl (C=O) groups excluding carboxylic acids is 1. The molecular formula is C39H45Cl2N3O5. The zero-order chi connectivity index (χ0) is 34.7. The maximum absolute atomic E-state index is 13.9. The van der Waals surface area contributed by atoms with E-state index in [4.69, 9.17) is 32.7 Å². The minimum atomic E-state index is -0.995. The third-order valence-corrected chi connectivity index (χ3v) is 10.9. The summed E-state index contributed by atoms with van der Waals surface area (Å²) in [5.74, 6) is 0.699. The first-order valence-corrected chi connectivity index (χ1v) is 18.0. The molecular weight excluding hydrogens is 661 g/mol. The fraction of sp³-hybridized carbons (Fsp3) is 0.436. The molecule has 49 heavy (non-hydrogen) atoms. The summed E-state index contributed by atoms with van der Waals surface area (Å²) in [6.07, 6.45) is 5.43. The van der Waals surface area contributed by atoms with Gasteiger partial charge in [0.2, 0.25) is 5.91 Å². The fourth-order valence-electron chi connectivity index (χ4n) is 7.49. The Bertz CT molecular complexity index is 1820. The molecule has 1 saturated heterocycles. The van der Waals surface area contributed by atoms with E-state index in [0.29, 0.717) is 62.8 Å². The number of nitrogens with zero attached hydrogens (tertiary/aromatic N) is 2. The molecule has 2 aliphatic rings. The largest absolute Gasteiger partial charge is 0.494 e. The minimum Gasteiger partial charge on any atom is -0.494 e. The highest BCUT2D eigenvalue weighted by Gasteiger charge is 2.42. The molecule has 0 radical (unpaired) electrons. The van der Waals surface area contributed by atoms with Crippen molar-refractivity contribution in [3.8, 4) is 11.5 Å². The first kappa shape index (κ1) is 35.0. The van der Waals surface area contributed by atoms with Crippen molar-refractivity contribution >= 4 is 51.7 Å². The van der Waals surface area contributed by atoms with Gasteiger partial charge in [0, 0.05) is 35.1 Å². The molecule has 10 heteroatoms. The summed E-state index contributed by atoms with van der Waals surface area (Å²) in [6.45, 7) is 8.27. The van der Waals surface area contributed by atoms with Crippen LogP contribution >= 0.6 is 23.2 Å². The second-order valence-corrected chi connectivity index (χ2v) is 14.5. The minimum absolute atomic E-state index is 0.0621. The Morgan fingerprint density at radius 1 is 1.04 bits per heavy atom. The molecule has 8 nitrogen and oxygen atoms in total. The van der Waals surface area contributed by atoms with Crippen molar-refractivity contribution in [1.29, 1.82) is 0 Å². The van der Waals surface area contributed by atoms with Gasteiger partial charge in [-0.2, -0.15) is 0 Å². The van der Waals surface area contributed by atoms with Crippen molar-refractivity contribution < 1.29 is 24.2 Å². The summed E-state index contributed by atoms with van der Waals surface area (Å²) in [5, 5.41) is 16.0. The van der Waals surface area contributed by atoms with Gasteiger partial charge in [0.1, 0.15) is 18.1 Å². The van der Waals surface area contributed by atoms with Crippen molar-refractivity contribution in [3.63, 3.8) is 0 Å². The van der Waals surface area contributed by atoms with E-state index in [1.165, 1.54) is 5.56 Å². The number of halogens is 2. The number of fused-ring (bicyclic) bond motifs is 2. The number of amides is 1. The number of benzene rings is 3. The standard InChI is InChI=1S/C39H45Cl2N3O5/c1-25-21-30(22-26(2)34(25)41)48-20-8-17-44-32-13-12-29(40)23-31(32)35(36(44)37(45)46)43-18-15-39(16-19-43)14-7-6-10-28-9-4-5-11-33(28)49-24-27(3)42-38(39)47/h4-5,9,11-13,21-23,27H,6-8,10,14-20,24H2,1-3H3,(H,42,47)(H,45,46)/t27-/m1/s1. The van der Waals surface area contributed by atoms with Crippen LogP contribution in [0.3, 0.4) is 0 Å². The highest BCUT2D eigenvalue weighted by atomic mass is 35.5. The maximum Gasteiger partial charge on any atom is 0.354 e. The highest BCUT2D eigenvalue weighted by Crippen LogP contribution is 2.43. The number of aromatic nitrogens is 1. The molecule has 1 amide bonds. The van der Waals surface area contributed by atoms with Crippen LogP contribution in [0.4, 0.5) is 5.69 Å². The molecule has 2 N–H and O–H groups in total. The Morgan fingerprint density at radius 2 is 1.78 bits per heavy atom. The fourth-order valence-corrected chi connectivity index (χ4v) is 7.77. The highest BCUT2D eigenvalue weighted by molar-refractivity contribution is 6.32. The van der Waals surface area contributed by atoms with Crippen LogP contribution in [0.5, 0.6) is 11.5 Å². The Balaban J connectivity index is 1.21. The third-order valence-electron chi connectivity index (χ3n) is 10.1. The van der Waals surface area contributed by atoms with Gasteiger partial charge in [0.05, 0.1) is 29.3 Å². The number of ether oxygens (including phenoxy) is 2. The van der Waals surface area contributed by atoms with Gasteiger partial charge in [-0.1, -0.05) is 47.8 Å². The van der Waals surface area contributed by atoms with E-state index in [9.17, 15) is 14.7 Å². The molecule has 2 aliphatic heterocycles. The summed E-state index contributed by atoms with van der Waals surface area (Å²) in [7, 11) is 0. The number of hydrogen-bond donors (Lipinski definition) is 2. The lowest BCUT2D eigenvalue weighted by Crippen LogP contribution is -2.52. The van der Waals surface area contributed by atoms with Crippen LogP contribution in [-0.4, -0.2) is 53.9 Å². The number of nitrogens with one attached hydrogen (secondary N) is 1. The Labute approximate surface area is 298 Å². The van der Waals surface area contributed by atoms with Crippen LogP contribution in [0.1, 0.15) is 72.6 Å². The Morgan fingerprint density at radius 3 is 2.51 bits per heavy atom. The van der Waals surface area contributed by atoms with Gasteiger partial charge in [-0.3, -0.25) is 4.79 Å². The van der Waals surface area contributed by atoms with E-state index < -0.39 is 11.4 Å². The van der Waals surface area contributed by atoms with Crippen molar-refractivity contribution in [2.45, 2.75) is 78.3 Å². The monoisotopic (exact) mass is 705 g/mol. The van der Waals surface area contributed by atoms with Crippen LogP contribution < -0.4 is 19.7 Å². The van der Waals surface area contributed by atoms with Crippen LogP contribution in [0.25, 0.3) is 10.9 Å². The van der Waals surface area contributed by atoms with E-state index in [1.807, 2.05) is 67.8 Å². The van der Waals surface area contributed by atoms with E-state index in [1.54, 1.807) is 6.07 Å². The number of para-hydroxylation sites is 1. The van der Waals surface area contributed by atoms with Crippen molar-refractivity contribution in [1.82, 2.24) is 9.88 Å². The number of anilines is 1. The number of piperidine rings is 1. The predicted molar refractivity (Wildman–Crippen MR) is 196 cm³/mol. The zero-order valence-electron chi connectivity index (χ0n) is 28.5. The Kier molecular flexibility index (Phi) is 10.7. The summed E-state index contributed by atoms with van der Waals surface area (Å²) in [4.78, 5) is 29.1. The van der Waals surface area contributed by atoms with Crippen LogP contribution in [-0.2, 0) is 17.8 Å². The van der Waals surface area contributed by atoms with E-state index in [2.05, 4.69) is 16.3 Å². The molecule has 1 fully saturated rings. The normalized spacial score (nSPS) is 18.3. The smallest absolute Gasteiger partial charge is 0.354 e. The van der Waals surface area contributed by atoms with Gasteiger partial charge in [-0.15, -0.1) is 0 Å². The summed E-state index contributed by atoms with van der Waals surface area (Å²) in [6, 6.07) is 17.4. The number of aromatic carboxylic acids is 1. The molecule has 4 aromatic rings. The molecule has 0 aliphatic carbocycles. The number of carbonyl (C=O) groups is 2. The molecule has 6 rings (SSSR count). The summed E-state index contributed by atoms with van der Waals surface area (Å²) < 4.78 is 14.1. The second kappa shape index (κ2) is 14.9. The average molecular weight is 707 g/mol. The molecule has 260 valence electrons. The van der Waals surface area contributed by atoms with Crippen molar-refractivity contribution in [3.05, 3.63) is 87.0 Å². The number of carboxylic acids is 1. The molecule has 1 aromatic heterocycles. The second-order valence-electron chi connectivity index (χ2n) is 13.7. The lowest BCUT2D eigenvalue weighted by molar-refractivity contribution is -0.133. The Hall–Kier alpha value is -3.88. The zero-order valence-corrected chi connectivity index (χ0v) is 30.0. The molecule has 0 saturated carbocycles. The van der Waals surface area contributed by atoms with Crippen molar-refractivity contribution in [2.24, 2.45) is 5.41 Å². The SMILES string of the molecule is Cc1cc(OCCCn2c(C(=O)O)c(N3CCC4(CCCCc5ccccc5OC[C@@H](C)NC4=O)CC3)c3cc(Cl)ccc32)cc(C)c1Cl. The quantitative estimate of drug-likeness (QED) is 0.187. The molecule has 1 atom stereocenters. The summed E-state index contributed by atoms with van der Waals surface area (Å²) >= 11 is 12.8. The summed E-state index contributed by atoms with van der Waals surface area (Å²) in [5.41, 5.74) is 4.29. The molecule has 0 bridgehead atoms. The molecule has 3 heterocycles. The predicted octanol–water partition coefficient (Wildman–Crippen LogP) is 8.63. The lowest BCUT2D eigenvalue weighted by Gasteiger charge is -2.42. The number of carboxylic acid groups (broad SMARTS) is 1. The van der Waals surface area contributed by atoms with Gasteiger partial charge in [-0.25, -0.2) is 4.79 Å². The van der Waals surface area contributed by atoms with Crippen LogP contribution in [0, 0.1) is 19.3 Å². The third kappa shape index (κ3) is 7.51. The number of aryl methyl sites for hydroxylation is 4. The molecule has 1 spiro atoms. The van der Waals surface area contributed by atoms with Crippen LogP contribution in [0.15, 0.2) is 54.6 Å². The van der Waals surface area contributed by atoms with Gasteiger partial charge >= 0.3 is 5.97 Å². The van der Waals surface area contributed by atoms with Gasteiger partial charge in [0.25, 0.3) is 0 Å². The van der Waals surface area contributed by atoms with Crippen molar-refractivity contribution in [2.75, 3.05) is 31.2 Å². The average Bonchev–Trinajstić information content (AvgIpc) is 3.40. The molecule has 3 aromatic carbocycles. The first-order chi connectivity index (χ1) is 23.6. The van der Waals surface area contributed by atoms with E-state index >= 15 is 0 Å². The van der Waals surface area contributed by atoms with Gasteiger partial charge in [-0.05, 0) is 112 Å².